The van der Waals surface area contributed by atoms with E-state index >= 15 is 0 Å². The molecule has 0 unspecified atom stereocenters. The number of benzene rings is 4. The third-order valence-corrected chi connectivity index (χ3v) is 13.2. The Morgan fingerprint density at radius 2 is 1.30 bits per heavy atom. The van der Waals surface area contributed by atoms with Crippen LogP contribution in [0.1, 0.15) is 42.3 Å². The molecule has 1 aromatic heterocycles. The van der Waals surface area contributed by atoms with Crippen molar-refractivity contribution in [3.05, 3.63) is 93.7 Å². The van der Waals surface area contributed by atoms with E-state index in [0.717, 1.165) is 27.8 Å². The highest BCUT2D eigenvalue weighted by atomic mass is 35.5. The Kier molecular flexibility index (Phi) is 12.1. The van der Waals surface area contributed by atoms with E-state index < -0.39 is 48.7 Å². The molecular formula is C43H42Cl2N4O11S. The first-order valence-corrected chi connectivity index (χ1v) is 21.4. The number of hydrogen-bond donors (Lipinski definition) is 5. The van der Waals surface area contributed by atoms with Crippen LogP contribution < -0.4 is 24.6 Å². The van der Waals surface area contributed by atoms with E-state index in [0.29, 0.717) is 46.4 Å². The minimum atomic E-state index is -1.91. The molecule has 1 saturated heterocycles. The zero-order valence-electron chi connectivity index (χ0n) is 32.9. The van der Waals surface area contributed by atoms with Gasteiger partial charge in [-0.15, -0.1) is 34.5 Å². The largest absolute Gasteiger partial charge is 0.479 e. The lowest BCUT2D eigenvalue weighted by atomic mass is 9.95. The molecule has 18 heteroatoms. The smallest absolute Gasteiger partial charge is 0.415 e. The first kappa shape index (κ1) is 42.6. The molecule has 320 valence electrons. The zero-order chi connectivity index (χ0) is 43.3. The summed E-state index contributed by atoms with van der Waals surface area (Å²) in [6, 6.07) is 21.1. The number of carbonyl (C=O) groups is 4. The number of aliphatic carboxylic acids is 1. The van der Waals surface area contributed by atoms with Gasteiger partial charge in [-0.1, -0.05) is 48.5 Å². The van der Waals surface area contributed by atoms with Crippen molar-refractivity contribution in [2.24, 2.45) is 0 Å². The molecule has 4 heterocycles. The van der Waals surface area contributed by atoms with Crippen LogP contribution in [0.3, 0.4) is 0 Å². The highest BCUT2D eigenvalue weighted by molar-refractivity contribution is 7.16. The molecule has 3 aliphatic rings. The Bertz CT molecular complexity index is 2540. The van der Waals surface area contributed by atoms with Gasteiger partial charge < -0.3 is 54.7 Å². The van der Waals surface area contributed by atoms with Crippen molar-refractivity contribution in [1.29, 1.82) is 0 Å². The van der Waals surface area contributed by atoms with Crippen LogP contribution in [0.4, 0.5) is 16.2 Å². The van der Waals surface area contributed by atoms with Crippen molar-refractivity contribution >= 4 is 91.3 Å². The summed E-state index contributed by atoms with van der Waals surface area (Å²) in [4.78, 5) is 59.0. The summed E-state index contributed by atoms with van der Waals surface area (Å²) in [7, 11) is 3.43. The number of likely N-dealkylation sites (N-methyl/N-ethyl adjacent to an activating group) is 2. The van der Waals surface area contributed by atoms with Crippen LogP contribution >= 0.6 is 34.5 Å². The van der Waals surface area contributed by atoms with Crippen molar-refractivity contribution in [3.63, 3.8) is 0 Å². The summed E-state index contributed by atoms with van der Waals surface area (Å²) >= 11 is 14.1. The second-order valence-electron chi connectivity index (χ2n) is 15.2. The molecule has 5 N–H and O–H groups in total. The topological polar surface area (TPSA) is 199 Å². The molecular weight excluding hydrogens is 851 g/mol. The monoisotopic (exact) mass is 892 g/mol. The Morgan fingerprint density at radius 3 is 1.80 bits per heavy atom. The minimum absolute atomic E-state index is 0.116. The number of ether oxygens (including phenoxy) is 3. The van der Waals surface area contributed by atoms with Crippen molar-refractivity contribution in [1.82, 2.24) is 10.2 Å². The Hall–Kier alpha value is -5.04. The number of rotatable bonds is 11. The van der Waals surface area contributed by atoms with Gasteiger partial charge in [0.25, 0.3) is 11.8 Å². The first-order valence-electron chi connectivity index (χ1n) is 19.5. The molecule has 0 aliphatic carbocycles. The Labute approximate surface area is 363 Å². The zero-order valence-corrected chi connectivity index (χ0v) is 35.2. The molecule has 15 nitrogen and oxygen atoms in total. The van der Waals surface area contributed by atoms with Gasteiger partial charge >= 0.3 is 12.1 Å². The van der Waals surface area contributed by atoms with Crippen molar-refractivity contribution in [2.45, 2.75) is 42.5 Å². The van der Waals surface area contributed by atoms with Gasteiger partial charge in [0.05, 0.1) is 21.1 Å². The number of carboxylic acid groups (broad SMARTS) is 1. The molecule has 1 fully saturated rings. The number of anilines is 2. The van der Waals surface area contributed by atoms with Gasteiger partial charge in [-0.25, -0.2) is 9.59 Å². The van der Waals surface area contributed by atoms with Crippen LogP contribution in [-0.2, 0) is 9.53 Å². The fourth-order valence-corrected chi connectivity index (χ4v) is 9.70. The molecule has 61 heavy (non-hydrogen) atoms. The average molecular weight is 894 g/mol. The maximum absolute atomic E-state index is 14.5. The number of halogens is 2. The molecule has 5 aromatic rings. The minimum Gasteiger partial charge on any atom is -0.479 e. The summed E-state index contributed by atoms with van der Waals surface area (Å²) in [5, 5.41) is 46.8. The van der Waals surface area contributed by atoms with Gasteiger partial charge in [0, 0.05) is 79.7 Å². The second kappa shape index (κ2) is 17.4. The number of aliphatic hydroxyl groups excluding tert-OH is 3. The summed E-state index contributed by atoms with van der Waals surface area (Å²) in [6.07, 6.45) is -9.74. The molecule has 0 spiro atoms. The number of nitrogens with zero attached hydrogens (tertiary/aromatic N) is 3. The standard InChI is InChI=1S/C43H42Cl2N4O11S/c1-46-13-14-47(2)43(57)59-30-16-28-34(26-10-6-4-8-24(26)30)22(18-45)20-49(28)40(54)32-12-11-31(61-32)39(53)48-19-21(17-44)33-25-9-5-3-7-23(25)29(15-27(33)48)58-42-37(52)35(50)36(51)38(60-42)41(55)56/h3-12,15-16,21-22,35-38,42,46,50-52H,13-14,17-20H2,1-2H3,(H,55,56)/t21-,22-,35+,36+,37-,38+,42-/m1/s1. The lowest BCUT2D eigenvalue weighted by Crippen LogP contribution is -2.61. The Balaban J connectivity index is 1.11. The van der Waals surface area contributed by atoms with Gasteiger partial charge in [-0.2, -0.15) is 0 Å². The van der Waals surface area contributed by atoms with Crippen molar-refractivity contribution < 1.29 is 53.8 Å². The summed E-state index contributed by atoms with van der Waals surface area (Å²) < 4.78 is 17.4. The van der Waals surface area contributed by atoms with E-state index in [4.69, 9.17) is 37.4 Å². The molecule has 3 amide bonds. The predicted molar refractivity (Wildman–Crippen MR) is 230 cm³/mol. The van der Waals surface area contributed by atoms with Crippen LogP contribution in [0.15, 0.2) is 72.8 Å². The van der Waals surface area contributed by atoms with Gasteiger partial charge in [0.15, 0.2) is 6.10 Å². The molecule has 0 bridgehead atoms. The quantitative estimate of drug-likeness (QED) is 0.112. The van der Waals surface area contributed by atoms with Gasteiger partial charge in [0.2, 0.25) is 6.29 Å². The molecule has 7 atom stereocenters. The summed E-state index contributed by atoms with van der Waals surface area (Å²) in [5.74, 6) is -2.06. The second-order valence-corrected chi connectivity index (χ2v) is 16.9. The molecule has 0 saturated carbocycles. The van der Waals surface area contributed by atoms with Crippen LogP contribution in [0.25, 0.3) is 21.5 Å². The van der Waals surface area contributed by atoms with E-state index in [9.17, 15) is 39.6 Å². The van der Waals surface area contributed by atoms with Crippen LogP contribution in [-0.4, -0.2) is 132 Å². The number of carboxylic acids is 1. The highest BCUT2D eigenvalue weighted by Crippen LogP contribution is 2.48. The van der Waals surface area contributed by atoms with E-state index in [2.05, 4.69) is 5.32 Å². The molecule has 4 aromatic carbocycles. The van der Waals surface area contributed by atoms with Gasteiger partial charge in [0.1, 0.15) is 29.8 Å². The SMILES string of the molecule is CNCCN(C)C(=O)Oc1cc2c(c3ccccc13)[C@H](CCl)CN2C(=O)c1ccc(C(=O)N2C[C@@H](CCl)c3c2cc(O[C@@H]2O[C@H](C(=O)O)[C@@H](O)[C@H](O)[C@H]2O)c2ccccc32)s1. The van der Waals surface area contributed by atoms with E-state index in [1.54, 1.807) is 61.5 Å². The number of carbonyl (C=O) groups excluding carboxylic acids is 3. The lowest BCUT2D eigenvalue weighted by Gasteiger charge is -2.38. The van der Waals surface area contributed by atoms with E-state index in [-0.39, 0.29) is 58.1 Å². The number of alkyl halides is 2. The maximum atomic E-state index is 14.5. The van der Waals surface area contributed by atoms with Gasteiger partial charge in [-0.3, -0.25) is 9.59 Å². The molecule has 3 aliphatic heterocycles. The number of aliphatic hydroxyl groups is 3. The fourth-order valence-electron chi connectivity index (χ4n) is 8.30. The molecule has 0 radical (unpaired) electrons. The maximum Gasteiger partial charge on any atom is 0.415 e. The third kappa shape index (κ3) is 7.65. The number of fused-ring (bicyclic) bond motifs is 6. The number of amides is 3. The van der Waals surface area contributed by atoms with Crippen LogP contribution in [0, 0.1) is 0 Å². The van der Waals surface area contributed by atoms with Crippen LogP contribution in [0.5, 0.6) is 11.5 Å². The van der Waals surface area contributed by atoms with Crippen molar-refractivity contribution in [2.75, 3.05) is 61.8 Å². The number of nitrogens with one attached hydrogen (secondary N) is 1. The number of hydrogen-bond acceptors (Lipinski definition) is 12. The average Bonchev–Trinajstić information content (AvgIpc) is 4.01. The first-order chi connectivity index (χ1) is 29.4. The summed E-state index contributed by atoms with van der Waals surface area (Å²) in [6.45, 7) is 1.44. The number of thiophene rings is 1. The fraction of sp³-hybridized carbons (Fsp3) is 0.349. The third-order valence-electron chi connectivity index (χ3n) is 11.4. The van der Waals surface area contributed by atoms with Gasteiger partial charge in [-0.05, 0) is 41.1 Å². The van der Waals surface area contributed by atoms with E-state index in [1.807, 2.05) is 30.3 Å². The highest BCUT2D eigenvalue weighted by Gasteiger charge is 2.48. The lowest BCUT2D eigenvalue weighted by molar-refractivity contribution is -0.270. The summed E-state index contributed by atoms with van der Waals surface area (Å²) in [5.41, 5.74) is 2.62. The normalized spacial score (nSPS) is 23.2. The molecule has 8 rings (SSSR count). The Morgan fingerprint density at radius 1 is 0.787 bits per heavy atom. The predicted octanol–water partition coefficient (Wildman–Crippen LogP) is 4.94. The van der Waals surface area contributed by atoms with Crippen LogP contribution in [0.2, 0.25) is 0 Å². The van der Waals surface area contributed by atoms with Crippen molar-refractivity contribution in [3.8, 4) is 11.5 Å². The van der Waals surface area contributed by atoms with E-state index in [1.165, 1.54) is 9.80 Å².